The van der Waals surface area contributed by atoms with Crippen LogP contribution in [0.5, 0.6) is 5.75 Å². The smallest absolute Gasteiger partial charge is 0.234 e. The molecule has 29 heavy (non-hydrogen) atoms. The molecule has 0 saturated carbocycles. The molecule has 0 aliphatic carbocycles. The number of carbonyl (C=O) groups is 1. The van der Waals surface area contributed by atoms with E-state index in [0.29, 0.717) is 23.3 Å². The Bertz CT molecular complexity index is 962. The molecule has 0 aliphatic heterocycles. The van der Waals surface area contributed by atoms with E-state index in [1.807, 2.05) is 35.8 Å². The van der Waals surface area contributed by atoms with Gasteiger partial charge in [0, 0.05) is 12.2 Å². The maximum absolute atomic E-state index is 12.2. The molecular formula is C20H22ClN5O2S. The molecule has 0 spiro atoms. The first-order valence-corrected chi connectivity index (χ1v) is 10.4. The van der Waals surface area contributed by atoms with E-state index < -0.39 is 0 Å². The molecule has 9 heteroatoms. The summed E-state index contributed by atoms with van der Waals surface area (Å²) in [5, 5.41) is 16.0. The summed E-state index contributed by atoms with van der Waals surface area (Å²) < 4.78 is 7.10. The fourth-order valence-corrected chi connectivity index (χ4v) is 3.68. The Kier molecular flexibility index (Phi) is 7.37. The highest BCUT2D eigenvalue weighted by atomic mass is 35.5. The number of rotatable bonds is 9. The third kappa shape index (κ3) is 5.65. The zero-order chi connectivity index (χ0) is 20.6. The highest BCUT2D eigenvalue weighted by Gasteiger charge is 2.13. The largest absolute Gasteiger partial charge is 0.497 e. The van der Waals surface area contributed by atoms with Crippen molar-refractivity contribution in [2.75, 3.05) is 23.5 Å². The number of hydrogen-bond donors (Lipinski definition) is 2. The van der Waals surface area contributed by atoms with Crippen LogP contribution in [-0.4, -0.2) is 33.5 Å². The first-order chi connectivity index (χ1) is 14.1. The van der Waals surface area contributed by atoms with Crippen LogP contribution in [-0.2, 0) is 17.9 Å². The second-order valence-corrected chi connectivity index (χ2v) is 7.39. The van der Waals surface area contributed by atoms with Gasteiger partial charge in [0.25, 0.3) is 0 Å². The number of nitrogens with zero attached hydrogens (tertiary/aromatic N) is 3. The zero-order valence-electron chi connectivity index (χ0n) is 16.2. The first kappa shape index (κ1) is 21.0. The molecule has 0 fully saturated rings. The quantitative estimate of drug-likeness (QED) is 0.491. The van der Waals surface area contributed by atoms with Crippen LogP contribution in [0.4, 0.5) is 11.4 Å². The van der Waals surface area contributed by atoms with Crippen LogP contribution in [0.3, 0.4) is 0 Å². The lowest BCUT2D eigenvalue weighted by Crippen LogP contribution is -2.15. The highest BCUT2D eigenvalue weighted by molar-refractivity contribution is 7.99. The van der Waals surface area contributed by atoms with Gasteiger partial charge < -0.3 is 19.9 Å². The van der Waals surface area contributed by atoms with E-state index in [9.17, 15) is 4.79 Å². The molecule has 0 unspecified atom stereocenters. The van der Waals surface area contributed by atoms with Crippen molar-refractivity contribution in [2.24, 2.45) is 0 Å². The van der Waals surface area contributed by atoms with Crippen molar-refractivity contribution in [3.63, 3.8) is 0 Å². The normalized spacial score (nSPS) is 10.6. The number of benzene rings is 2. The summed E-state index contributed by atoms with van der Waals surface area (Å²) in [6.45, 7) is 3.21. The maximum atomic E-state index is 12.2. The summed E-state index contributed by atoms with van der Waals surface area (Å²) in [4.78, 5) is 12.2. The molecule has 3 rings (SSSR count). The van der Waals surface area contributed by atoms with Gasteiger partial charge in [0.2, 0.25) is 5.91 Å². The van der Waals surface area contributed by atoms with Crippen molar-refractivity contribution in [1.82, 2.24) is 14.8 Å². The Balaban J connectivity index is 1.56. The summed E-state index contributed by atoms with van der Waals surface area (Å²) in [6, 6.07) is 14.7. The van der Waals surface area contributed by atoms with E-state index in [0.717, 1.165) is 22.9 Å². The number of anilines is 2. The van der Waals surface area contributed by atoms with Crippen LogP contribution in [0, 0.1) is 0 Å². The number of halogens is 1. The van der Waals surface area contributed by atoms with Crippen LogP contribution < -0.4 is 15.4 Å². The van der Waals surface area contributed by atoms with Gasteiger partial charge in [0.05, 0.1) is 30.1 Å². The SMILES string of the molecule is CCn1c(CNc2ccccc2Cl)nnc1SCC(=O)Nc1ccc(OC)cc1. The Morgan fingerprint density at radius 3 is 2.62 bits per heavy atom. The fraction of sp³-hybridized carbons (Fsp3) is 0.250. The van der Waals surface area contributed by atoms with Crippen molar-refractivity contribution in [3.05, 3.63) is 59.4 Å². The predicted molar refractivity (Wildman–Crippen MR) is 117 cm³/mol. The van der Waals surface area contributed by atoms with Gasteiger partial charge in [0.15, 0.2) is 11.0 Å². The minimum Gasteiger partial charge on any atom is -0.497 e. The lowest BCUT2D eigenvalue weighted by atomic mass is 10.3. The zero-order valence-corrected chi connectivity index (χ0v) is 17.8. The summed E-state index contributed by atoms with van der Waals surface area (Å²) in [5.41, 5.74) is 1.56. The standard InChI is InChI=1S/C20H22ClN5O2S/c1-3-26-18(12-22-17-7-5-4-6-16(17)21)24-25-20(26)29-13-19(27)23-14-8-10-15(28-2)11-9-14/h4-11,22H,3,12-13H2,1-2H3,(H,23,27). The first-order valence-electron chi connectivity index (χ1n) is 9.08. The monoisotopic (exact) mass is 431 g/mol. The molecule has 3 aromatic rings. The molecule has 0 saturated heterocycles. The topological polar surface area (TPSA) is 81.1 Å². The van der Waals surface area contributed by atoms with Crippen LogP contribution in [0.25, 0.3) is 0 Å². The Hall–Kier alpha value is -2.71. The van der Waals surface area contributed by atoms with Crippen molar-refractivity contribution in [3.8, 4) is 5.75 Å². The molecule has 152 valence electrons. The van der Waals surface area contributed by atoms with Crippen molar-refractivity contribution in [2.45, 2.75) is 25.2 Å². The summed E-state index contributed by atoms with van der Waals surface area (Å²) in [7, 11) is 1.60. The minimum atomic E-state index is -0.110. The van der Waals surface area contributed by atoms with Crippen LogP contribution in [0.1, 0.15) is 12.7 Å². The van der Waals surface area contributed by atoms with Gasteiger partial charge in [0.1, 0.15) is 5.75 Å². The molecule has 1 heterocycles. The average Bonchev–Trinajstić information content (AvgIpc) is 3.14. The molecule has 0 aliphatic rings. The number of methoxy groups -OCH3 is 1. The van der Waals surface area contributed by atoms with Crippen LogP contribution >= 0.6 is 23.4 Å². The summed E-state index contributed by atoms with van der Waals surface area (Å²) in [6.07, 6.45) is 0. The summed E-state index contributed by atoms with van der Waals surface area (Å²) in [5.74, 6) is 1.65. The molecule has 0 bridgehead atoms. The average molecular weight is 432 g/mol. The number of hydrogen-bond acceptors (Lipinski definition) is 6. The Morgan fingerprint density at radius 1 is 1.17 bits per heavy atom. The number of thioether (sulfide) groups is 1. The van der Waals surface area contributed by atoms with Gasteiger partial charge in [-0.3, -0.25) is 4.79 Å². The number of ether oxygens (including phenoxy) is 1. The lowest BCUT2D eigenvalue weighted by molar-refractivity contribution is -0.113. The van der Waals surface area contributed by atoms with Gasteiger partial charge in [-0.1, -0.05) is 35.5 Å². The molecule has 7 nitrogen and oxygen atoms in total. The Morgan fingerprint density at radius 2 is 1.93 bits per heavy atom. The molecule has 0 radical (unpaired) electrons. The number of para-hydroxylation sites is 1. The second kappa shape index (κ2) is 10.2. The van der Waals surface area contributed by atoms with E-state index in [1.165, 1.54) is 11.8 Å². The van der Waals surface area contributed by atoms with E-state index in [-0.39, 0.29) is 11.7 Å². The lowest BCUT2D eigenvalue weighted by Gasteiger charge is -2.10. The van der Waals surface area contributed by atoms with Gasteiger partial charge >= 0.3 is 0 Å². The van der Waals surface area contributed by atoms with Crippen molar-refractivity contribution in [1.29, 1.82) is 0 Å². The predicted octanol–water partition coefficient (Wildman–Crippen LogP) is 4.30. The van der Waals surface area contributed by atoms with Crippen LogP contribution in [0.2, 0.25) is 5.02 Å². The third-order valence-corrected chi connectivity index (χ3v) is 5.42. The molecule has 1 aromatic heterocycles. The fourth-order valence-electron chi connectivity index (χ4n) is 2.65. The number of aromatic nitrogens is 3. The number of amides is 1. The highest BCUT2D eigenvalue weighted by Crippen LogP contribution is 2.22. The number of carbonyl (C=O) groups excluding carboxylic acids is 1. The molecule has 0 atom stereocenters. The van der Waals surface area contributed by atoms with Crippen molar-refractivity contribution < 1.29 is 9.53 Å². The van der Waals surface area contributed by atoms with E-state index in [1.54, 1.807) is 31.4 Å². The van der Waals surface area contributed by atoms with Gasteiger partial charge in [-0.25, -0.2) is 0 Å². The molecule has 2 aromatic carbocycles. The van der Waals surface area contributed by atoms with Crippen LogP contribution in [0.15, 0.2) is 53.7 Å². The van der Waals surface area contributed by atoms with E-state index in [2.05, 4.69) is 20.8 Å². The third-order valence-electron chi connectivity index (χ3n) is 4.13. The molecular weight excluding hydrogens is 410 g/mol. The van der Waals surface area contributed by atoms with Gasteiger partial charge in [-0.05, 0) is 43.3 Å². The summed E-state index contributed by atoms with van der Waals surface area (Å²) >= 11 is 7.53. The van der Waals surface area contributed by atoms with Crippen molar-refractivity contribution >= 4 is 40.6 Å². The Labute approximate surface area is 178 Å². The van der Waals surface area contributed by atoms with E-state index in [4.69, 9.17) is 16.3 Å². The number of nitrogens with one attached hydrogen (secondary N) is 2. The van der Waals surface area contributed by atoms with Gasteiger partial charge in [-0.15, -0.1) is 10.2 Å². The second-order valence-electron chi connectivity index (χ2n) is 6.04. The molecule has 2 N–H and O–H groups in total. The maximum Gasteiger partial charge on any atom is 0.234 e. The van der Waals surface area contributed by atoms with E-state index >= 15 is 0 Å². The molecule has 1 amide bonds. The minimum absolute atomic E-state index is 0.110. The van der Waals surface area contributed by atoms with Gasteiger partial charge in [-0.2, -0.15) is 0 Å².